The van der Waals surface area contributed by atoms with E-state index in [4.69, 9.17) is 9.47 Å². The molecule has 1 rings (SSSR count). The molecule has 1 aliphatic heterocycles. The third-order valence-electron chi connectivity index (χ3n) is 2.86. The van der Waals surface area contributed by atoms with Crippen molar-refractivity contribution < 1.29 is 14.3 Å². The van der Waals surface area contributed by atoms with E-state index in [0.717, 1.165) is 19.4 Å². The van der Waals surface area contributed by atoms with Gasteiger partial charge in [-0.05, 0) is 19.9 Å². The third-order valence-corrected chi connectivity index (χ3v) is 2.86. The van der Waals surface area contributed by atoms with Crippen LogP contribution in [0.4, 0.5) is 0 Å². The number of carbonyl (C=O) groups is 1. The molecule has 0 aliphatic carbocycles. The van der Waals surface area contributed by atoms with Gasteiger partial charge in [0.1, 0.15) is 0 Å². The second-order valence-corrected chi connectivity index (χ2v) is 4.34. The highest BCUT2D eigenvalue weighted by Crippen LogP contribution is 2.17. The van der Waals surface area contributed by atoms with Gasteiger partial charge in [0.25, 0.3) is 0 Å². The van der Waals surface area contributed by atoms with E-state index < -0.39 is 0 Å². The molecule has 1 fully saturated rings. The monoisotopic (exact) mass is 229 g/mol. The van der Waals surface area contributed by atoms with Crippen molar-refractivity contribution in [3.63, 3.8) is 0 Å². The zero-order valence-electron chi connectivity index (χ0n) is 10.5. The molecule has 0 bridgehead atoms. The maximum absolute atomic E-state index is 11.9. The number of carbonyl (C=O) groups excluding carboxylic acids is 1. The summed E-state index contributed by atoms with van der Waals surface area (Å²) in [5, 5.41) is 3.25. The molecule has 1 saturated heterocycles. The van der Waals surface area contributed by atoms with Crippen LogP contribution in [-0.2, 0) is 14.3 Å². The van der Waals surface area contributed by atoms with E-state index in [2.05, 4.69) is 12.2 Å². The van der Waals surface area contributed by atoms with Gasteiger partial charge in [0, 0.05) is 6.04 Å². The molecule has 16 heavy (non-hydrogen) atoms. The smallest absolute Gasteiger partial charge is 0.313 e. The van der Waals surface area contributed by atoms with Crippen molar-refractivity contribution in [2.24, 2.45) is 5.92 Å². The largest absolute Gasteiger partial charge is 0.462 e. The van der Waals surface area contributed by atoms with E-state index in [0.29, 0.717) is 13.2 Å². The van der Waals surface area contributed by atoms with Crippen LogP contribution in [0.15, 0.2) is 0 Å². The van der Waals surface area contributed by atoms with E-state index in [-0.39, 0.29) is 24.0 Å². The van der Waals surface area contributed by atoms with Crippen molar-refractivity contribution in [2.75, 3.05) is 19.8 Å². The van der Waals surface area contributed by atoms with E-state index in [1.807, 2.05) is 13.8 Å². The van der Waals surface area contributed by atoms with E-state index in [1.54, 1.807) is 0 Å². The fourth-order valence-corrected chi connectivity index (χ4v) is 2.00. The number of rotatable bonds is 6. The third kappa shape index (κ3) is 3.76. The predicted molar refractivity (Wildman–Crippen MR) is 62.2 cm³/mol. The van der Waals surface area contributed by atoms with Crippen LogP contribution in [0.5, 0.6) is 0 Å². The lowest BCUT2D eigenvalue weighted by molar-refractivity contribution is -0.154. The van der Waals surface area contributed by atoms with Crippen LogP contribution in [-0.4, -0.2) is 37.9 Å². The van der Waals surface area contributed by atoms with Crippen molar-refractivity contribution in [1.29, 1.82) is 0 Å². The summed E-state index contributed by atoms with van der Waals surface area (Å²) in [7, 11) is 0. The van der Waals surface area contributed by atoms with Crippen molar-refractivity contribution >= 4 is 5.97 Å². The van der Waals surface area contributed by atoms with Gasteiger partial charge in [-0.2, -0.15) is 0 Å². The summed E-state index contributed by atoms with van der Waals surface area (Å²) in [5.74, 6) is -0.261. The quantitative estimate of drug-likeness (QED) is 0.698. The van der Waals surface area contributed by atoms with Crippen molar-refractivity contribution in [2.45, 2.75) is 45.8 Å². The molecule has 0 amide bonds. The second kappa shape index (κ2) is 6.86. The molecule has 0 aromatic carbocycles. The number of hydrogen-bond donors (Lipinski definition) is 1. The van der Waals surface area contributed by atoms with E-state index in [1.165, 1.54) is 0 Å². The van der Waals surface area contributed by atoms with Gasteiger partial charge in [0.15, 0.2) is 0 Å². The molecule has 0 saturated carbocycles. The van der Waals surface area contributed by atoms with Gasteiger partial charge in [-0.25, -0.2) is 0 Å². The fraction of sp³-hybridized carbons (Fsp3) is 0.917. The molecule has 0 spiro atoms. The average Bonchev–Trinajstić information content (AvgIpc) is 2.66. The molecule has 4 nitrogen and oxygen atoms in total. The van der Waals surface area contributed by atoms with Crippen molar-refractivity contribution in [1.82, 2.24) is 5.32 Å². The zero-order chi connectivity index (χ0) is 12.0. The van der Waals surface area contributed by atoms with Gasteiger partial charge in [-0.1, -0.05) is 20.3 Å². The first-order valence-electron chi connectivity index (χ1n) is 6.20. The normalized spacial score (nSPS) is 26.7. The number of esters is 1. The number of likely N-dealkylation sites (N-methyl/N-ethyl adjacent to an activating group) is 1. The van der Waals surface area contributed by atoms with Gasteiger partial charge in [-0.15, -0.1) is 0 Å². The van der Waals surface area contributed by atoms with Crippen LogP contribution in [0.2, 0.25) is 0 Å². The summed E-state index contributed by atoms with van der Waals surface area (Å²) < 4.78 is 10.7. The van der Waals surface area contributed by atoms with Gasteiger partial charge in [0.2, 0.25) is 0 Å². The maximum Gasteiger partial charge on any atom is 0.313 e. The molecule has 0 radical (unpaired) electrons. The van der Waals surface area contributed by atoms with Crippen LogP contribution in [0.3, 0.4) is 0 Å². The molecular formula is C12H23NO3. The Hall–Kier alpha value is -0.610. The van der Waals surface area contributed by atoms with E-state index in [9.17, 15) is 4.79 Å². The number of hydrogen-bond acceptors (Lipinski definition) is 4. The van der Waals surface area contributed by atoms with Crippen molar-refractivity contribution in [3.05, 3.63) is 0 Å². The molecular weight excluding hydrogens is 206 g/mol. The zero-order valence-corrected chi connectivity index (χ0v) is 10.5. The molecule has 3 atom stereocenters. The lowest BCUT2D eigenvalue weighted by Gasteiger charge is -2.19. The summed E-state index contributed by atoms with van der Waals surface area (Å²) in [4.78, 5) is 11.9. The Bertz CT molecular complexity index is 220. The predicted octanol–water partition coefficient (Wildman–Crippen LogP) is 1.34. The first-order valence-corrected chi connectivity index (χ1v) is 6.20. The maximum atomic E-state index is 11.9. The van der Waals surface area contributed by atoms with Crippen LogP contribution < -0.4 is 5.32 Å². The Morgan fingerprint density at radius 3 is 2.88 bits per heavy atom. The Labute approximate surface area is 97.7 Å². The topological polar surface area (TPSA) is 47.6 Å². The highest BCUT2D eigenvalue weighted by atomic mass is 16.5. The standard InChI is InChI=1S/C12H23NO3/c1-4-6-9(3)16-12(14)10-7-15-8-11(10)13-5-2/h9-11,13H,4-8H2,1-3H3. The lowest BCUT2D eigenvalue weighted by atomic mass is 10.0. The molecule has 3 unspecified atom stereocenters. The van der Waals surface area contributed by atoms with Crippen LogP contribution >= 0.6 is 0 Å². The van der Waals surface area contributed by atoms with Gasteiger partial charge in [0.05, 0.1) is 25.2 Å². The first-order chi connectivity index (χ1) is 7.69. The number of nitrogens with one attached hydrogen (secondary N) is 1. The molecule has 1 N–H and O–H groups in total. The minimum atomic E-state index is -0.140. The Kier molecular flexibility index (Phi) is 5.77. The molecule has 94 valence electrons. The minimum Gasteiger partial charge on any atom is -0.462 e. The van der Waals surface area contributed by atoms with Gasteiger partial charge >= 0.3 is 5.97 Å². The van der Waals surface area contributed by atoms with Gasteiger partial charge < -0.3 is 14.8 Å². The molecule has 1 heterocycles. The summed E-state index contributed by atoms with van der Waals surface area (Å²) in [6.45, 7) is 8.00. The fourth-order valence-electron chi connectivity index (χ4n) is 2.00. The highest BCUT2D eigenvalue weighted by molar-refractivity contribution is 5.74. The van der Waals surface area contributed by atoms with Gasteiger partial charge in [-0.3, -0.25) is 4.79 Å². The Morgan fingerprint density at radius 1 is 1.50 bits per heavy atom. The van der Waals surface area contributed by atoms with E-state index >= 15 is 0 Å². The molecule has 1 aliphatic rings. The Balaban J connectivity index is 2.40. The highest BCUT2D eigenvalue weighted by Gasteiger charge is 2.35. The van der Waals surface area contributed by atoms with Crippen LogP contribution in [0, 0.1) is 5.92 Å². The molecule has 0 aromatic rings. The molecule has 4 heteroatoms. The minimum absolute atomic E-state index is 0.0142. The average molecular weight is 229 g/mol. The van der Waals surface area contributed by atoms with Crippen molar-refractivity contribution in [3.8, 4) is 0 Å². The SMILES string of the molecule is CCCC(C)OC(=O)C1COCC1NCC. The second-order valence-electron chi connectivity index (χ2n) is 4.34. The summed E-state index contributed by atoms with van der Waals surface area (Å²) in [5.41, 5.74) is 0. The summed E-state index contributed by atoms with van der Waals surface area (Å²) >= 11 is 0. The van der Waals surface area contributed by atoms with Crippen LogP contribution in [0.25, 0.3) is 0 Å². The summed E-state index contributed by atoms with van der Waals surface area (Å²) in [6, 6.07) is 0.117. The Morgan fingerprint density at radius 2 is 2.25 bits per heavy atom. The lowest BCUT2D eigenvalue weighted by Crippen LogP contribution is -2.40. The molecule has 0 aromatic heterocycles. The van der Waals surface area contributed by atoms with Crippen LogP contribution in [0.1, 0.15) is 33.6 Å². The summed E-state index contributed by atoms with van der Waals surface area (Å²) in [6.07, 6.45) is 1.97. The first kappa shape index (κ1) is 13.5. The number of ether oxygens (including phenoxy) is 2.